The van der Waals surface area contributed by atoms with Crippen molar-refractivity contribution in [3.63, 3.8) is 0 Å². The lowest BCUT2D eigenvalue weighted by Crippen LogP contribution is -2.50. The summed E-state index contributed by atoms with van der Waals surface area (Å²) in [6.45, 7) is 5.59. The maximum absolute atomic E-state index is 11.3. The van der Waals surface area contributed by atoms with Crippen molar-refractivity contribution in [2.75, 3.05) is 26.2 Å². The molecule has 2 amide bonds. The number of ether oxygens (including phenoxy) is 1. The molecule has 3 rings (SSSR count). The van der Waals surface area contributed by atoms with Gasteiger partial charge in [0.1, 0.15) is 5.75 Å². The van der Waals surface area contributed by atoms with Crippen LogP contribution in [0.5, 0.6) is 5.75 Å². The van der Waals surface area contributed by atoms with E-state index in [1.54, 1.807) is 4.90 Å². The first-order valence-electron chi connectivity index (χ1n) is 9.95. The fourth-order valence-electron chi connectivity index (χ4n) is 3.19. The summed E-state index contributed by atoms with van der Waals surface area (Å²) in [5, 5.41) is 6.79. The molecule has 4 N–H and O–H groups in total. The Morgan fingerprint density at radius 2 is 1.96 bits per heavy atom. The summed E-state index contributed by atoms with van der Waals surface area (Å²) in [6.07, 6.45) is 4.30. The third-order valence-electron chi connectivity index (χ3n) is 5.04. The van der Waals surface area contributed by atoms with Crippen molar-refractivity contribution >= 4 is 36.0 Å². The SMILES string of the molecule is CCNC(=NCc1ccccc1OCC1CC1)NC1CCN(C(N)=O)CC1.I. The zero-order valence-electron chi connectivity index (χ0n) is 16.5. The van der Waals surface area contributed by atoms with Gasteiger partial charge in [-0.15, -0.1) is 24.0 Å². The number of primary amides is 1. The highest BCUT2D eigenvalue weighted by Gasteiger charge is 2.23. The van der Waals surface area contributed by atoms with Gasteiger partial charge < -0.3 is 26.0 Å². The quantitative estimate of drug-likeness (QED) is 0.305. The number of amides is 2. The first-order chi connectivity index (χ1) is 13.2. The van der Waals surface area contributed by atoms with E-state index in [0.29, 0.717) is 25.7 Å². The van der Waals surface area contributed by atoms with E-state index in [4.69, 9.17) is 15.5 Å². The van der Waals surface area contributed by atoms with Crippen LogP contribution in [0.15, 0.2) is 29.3 Å². The van der Waals surface area contributed by atoms with Gasteiger partial charge in [0.25, 0.3) is 0 Å². The highest BCUT2D eigenvalue weighted by molar-refractivity contribution is 14.0. The minimum absolute atomic E-state index is 0. The van der Waals surface area contributed by atoms with Gasteiger partial charge in [0.15, 0.2) is 5.96 Å². The highest BCUT2D eigenvalue weighted by Crippen LogP contribution is 2.30. The molecule has 1 aromatic rings. The number of rotatable bonds is 7. The predicted molar refractivity (Wildman–Crippen MR) is 122 cm³/mol. The summed E-state index contributed by atoms with van der Waals surface area (Å²) >= 11 is 0. The molecule has 2 aliphatic rings. The van der Waals surface area contributed by atoms with Gasteiger partial charge >= 0.3 is 6.03 Å². The second kappa shape index (κ2) is 11.3. The minimum Gasteiger partial charge on any atom is -0.493 e. The normalized spacial score (nSPS) is 17.6. The van der Waals surface area contributed by atoms with E-state index < -0.39 is 0 Å². The molecular formula is C20H32IN5O2. The number of piperidine rings is 1. The maximum Gasteiger partial charge on any atom is 0.314 e. The van der Waals surface area contributed by atoms with Gasteiger partial charge in [0.2, 0.25) is 0 Å². The zero-order valence-corrected chi connectivity index (χ0v) is 18.9. The molecule has 0 spiro atoms. The van der Waals surface area contributed by atoms with E-state index >= 15 is 0 Å². The number of nitrogens with one attached hydrogen (secondary N) is 2. The molecule has 1 aliphatic carbocycles. The molecule has 1 heterocycles. The standard InChI is InChI=1S/C20H31N5O2.HI/c1-2-22-20(24-17-9-11-25(12-10-17)19(21)26)23-13-16-5-3-4-6-18(16)27-14-15-7-8-15;/h3-6,15,17H,2,7-14H2,1H3,(H2,21,26)(H2,22,23,24);1H. The van der Waals surface area contributed by atoms with Gasteiger partial charge in [-0.2, -0.15) is 0 Å². The Morgan fingerprint density at radius 1 is 1.25 bits per heavy atom. The summed E-state index contributed by atoms with van der Waals surface area (Å²) in [5.41, 5.74) is 6.45. The van der Waals surface area contributed by atoms with Gasteiger partial charge in [0, 0.05) is 31.2 Å². The molecular weight excluding hydrogens is 469 g/mol. The van der Waals surface area contributed by atoms with E-state index in [-0.39, 0.29) is 30.0 Å². The number of para-hydroxylation sites is 1. The highest BCUT2D eigenvalue weighted by atomic mass is 127. The molecule has 0 unspecified atom stereocenters. The molecule has 1 saturated carbocycles. The largest absolute Gasteiger partial charge is 0.493 e. The number of nitrogens with two attached hydrogens (primary N) is 1. The van der Waals surface area contributed by atoms with Gasteiger partial charge in [-0.3, -0.25) is 0 Å². The molecule has 0 radical (unpaired) electrons. The molecule has 0 bridgehead atoms. The molecule has 0 atom stereocenters. The summed E-state index contributed by atoms with van der Waals surface area (Å²) in [5.74, 6) is 2.46. The molecule has 1 aromatic carbocycles. The second-order valence-electron chi connectivity index (χ2n) is 7.30. The Labute approximate surface area is 184 Å². The lowest BCUT2D eigenvalue weighted by Gasteiger charge is -2.32. The fourth-order valence-corrected chi connectivity index (χ4v) is 3.19. The van der Waals surface area contributed by atoms with Crippen LogP contribution in [0.3, 0.4) is 0 Å². The molecule has 28 heavy (non-hydrogen) atoms. The average Bonchev–Trinajstić information content (AvgIpc) is 3.50. The lowest BCUT2D eigenvalue weighted by atomic mass is 10.1. The van der Waals surface area contributed by atoms with Crippen molar-refractivity contribution in [2.24, 2.45) is 16.6 Å². The van der Waals surface area contributed by atoms with E-state index in [0.717, 1.165) is 49.2 Å². The van der Waals surface area contributed by atoms with E-state index in [9.17, 15) is 4.79 Å². The molecule has 2 fully saturated rings. The smallest absolute Gasteiger partial charge is 0.314 e. The number of carbonyl (C=O) groups excluding carboxylic acids is 1. The zero-order chi connectivity index (χ0) is 19.1. The van der Waals surface area contributed by atoms with Crippen LogP contribution in [0, 0.1) is 5.92 Å². The number of benzene rings is 1. The third-order valence-corrected chi connectivity index (χ3v) is 5.04. The molecule has 1 saturated heterocycles. The van der Waals surface area contributed by atoms with Crippen LogP contribution in [-0.2, 0) is 6.54 Å². The van der Waals surface area contributed by atoms with E-state index in [1.807, 2.05) is 18.2 Å². The van der Waals surface area contributed by atoms with Crippen molar-refractivity contribution < 1.29 is 9.53 Å². The van der Waals surface area contributed by atoms with Crippen LogP contribution < -0.4 is 21.1 Å². The summed E-state index contributed by atoms with van der Waals surface area (Å²) in [7, 11) is 0. The van der Waals surface area contributed by atoms with Gasteiger partial charge in [-0.05, 0) is 44.6 Å². The molecule has 156 valence electrons. The number of nitrogens with zero attached hydrogens (tertiary/aromatic N) is 2. The fraction of sp³-hybridized carbons (Fsp3) is 0.600. The number of aliphatic imine (C=N–C) groups is 1. The Kier molecular flexibility index (Phi) is 9.14. The van der Waals surface area contributed by atoms with E-state index in [2.05, 4.69) is 23.6 Å². The lowest BCUT2D eigenvalue weighted by molar-refractivity contribution is 0.188. The monoisotopic (exact) mass is 501 g/mol. The second-order valence-corrected chi connectivity index (χ2v) is 7.30. The Bertz CT molecular complexity index is 658. The number of hydrogen-bond donors (Lipinski definition) is 3. The van der Waals surface area contributed by atoms with Crippen LogP contribution in [0.1, 0.15) is 38.2 Å². The number of halogens is 1. The summed E-state index contributed by atoms with van der Waals surface area (Å²) < 4.78 is 5.98. The molecule has 0 aromatic heterocycles. The number of carbonyl (C=O) groups is 1. The first kappa shape index (κ1) is 22.6. The van der Waals surface area contributed by atoms with Crippen molar-refractivity contribution in [1.29, 1.82) is 0 Å². The number of urea groups is 1. The van der Waals surface area contributed by atoms with Crippen LogP contribution >= 0.6 is 24.0 Å². The number of likely N-dealkylation sites (tertiary alicyclic amines) is 1. The molecule has 7 nitrogen and oxygen atoms in total. The Balaban J connectivity index is 0.00000280. The maximum atomic E-state index is 11.3. The van der Waals surface area contributed by atoms with E-state index in [1.165, 1.54) is 12.8 Å². The molecule has 1 aliphatic heterocycles. The van der Waals surface area contributed by atoms with Crippen molar-refractivity contribution in [1.82, 2.24) is 15.5 Å². The third kappa shape index (κ3) is 7.03. The van der Waals surface area contributed by atoms with Crippen LogP contribution in [0.2, 0.25) is 0 Å². The van der Waals surface area contributed by atoms with Gasteiger partial charge in [-0.1, -0.05) is 18.2 Å². The van der Waals surface area contributed by atoms with Crippen LogP contribution in [0.25, 0.3) is 0 Å². The van der Waals surface area contributed by atoms with Crippen molar-refractivity contribution in [3.8, 4) is 5.75 Å². The summed E-state index contributed by atoms with van der Waals surface area (Å²) in [4.78, 5) is 17.7. The topological polar surface area (TPSA) is 92.0 Å². The number of hydrogen-bond acceptors (Lipinski definition) is 3. The van der Waals surface area contributed by atoms with Gasteiger partial charge in [-0.25, -0.2) is 9.79 Å². The minimum atomic E-state index is -0.336. The first-order valence-corrected chi connectivity index (χ1v) is 9.95. The number of guanidine groups is 1. The predicted octanol–water partition coefficient (Wildman–Crippen LogP) is 2.69. The summed E-state index contributed by atoms with van der Waals surface area (Å²) in [6, 6.07) is 8.07. The average molecular weight is 501 g/mol. The Hall–Kier alpha value is -1.71. The van der Waals surface area contributed by atoms with Crippen LogP contribution in [0.4, 0.5) is 4.79 Å². The van der Waals surface area contributed by atoms with Crippen molar-refractivity contribution in [3.05, 3.63) is 29.8 Å². The molecule has 8 heteroatoms. The van der Waals surface area contributed by atoms with Crippen LogP contribution in [-0.4, -0.2) is 49.2 Å². The van der Waals surface area contributed by atoms with Crippen molar-refractivity contribution in [2.45, 2.75) is 45.2 Å². The Morgan fingerprint density at radius 3 is 2.61 bits per heavy atom. The van der Waals surface area contributed by atoms with Gasteiger partial charge in [0.05, 0.1) is 13.2 Å².